The Morgan fingerprint density at radius 3 is 2.33 bits per heavy atom. The van der Waals surface area contributed by atoms with E-state index in [1.165, 1.54) is 18.2 Å². The van der Waals surface area contributed by atoms with Gasteiger partial charge in [-0.15, -0.1) is 0 Å². The number of hydrogen-bond donors (Lipinski definition) is 1. The molecule has 5 nitrogen and oxygen atoms in total. The Morgan fingerprint density at radius 2 is 1.72 bits per heavy atom. The molecule has 0 saturated carbocycles. The van der Waals surface area contributed by atoms with E-state index < -0.39 is 4.92 Å². The Kier molecular flexibility index (Phi) is 3.05. The number of carbonyl (C=O) groups is 1. The highest BCUT2D eigenvalue weighted by atomic mass is 16.6. The first-order valence-corrected chi connectivity index (χ1v) is 5.24. The van der Waals surface area contributed by atoms with Crippen molar-refractivity contribution in [2.24, 2.45) is 0 Å². The maximum Gasteiger partial charge on any atom is 0.292 e. The van der Waals surface area contributed by atoms with E-state index in [2.05, 4.69) is 0 Å². The number of rotatable bonds is 3. The number of nitro groups is 1. The van der Waals surface area contributed by atoms with Gasteiger partial charge in [-0.1, -0.05) is 36.4 Å². The summed E-state index contributed by atoms with van der Waals surface area (Å²) in [4.78, 5) is 22.3. The summed E-state index contributed by atoms with van der Waals surface area (Å²) in [6.07, 6.45) is 0. The van der Waals surface area contributed by atoms with E-state index in [9.17, 15) is 14.9 Å². The quantitative estimate of drug-likeness (QED) is 0.387. The highest BCUT2D eigenvalue weighted by molar-refractivity contribution is 6.13. The third-order valence-corrected chi connectivity index (χ3v) is 2.56. The first-order valence-electron chi connectivity index (χ1n) is 5.24. The number of carbonyl (C=O) groups excluding carboxylic acids is 1. The normalized spacial score (nSPS) is 10.0. The summed E-state index contributed by atoms with van der Waals surface area (Å²) in [5.74, 6) is -0.322. The molecule has 0 bridgehead atoms. The Hall–Kier alpha value is -2.69. The Morgan fingerprint density at radius 1 is 1.06 bits per heavy atom. The van der Waals surface area contributed by atoms with Crippen molar-refractivity contribution in [2.75, 3.05) is 5.73 Å². The molecule has 0 unspecified atom stereocenters. The number of ketones is 1. The van der Waals surface area contributed by atoms with Crippen LogP contribution in [0.15, 0.2) is 48.5 Å². The Bertz CT molecular complexity index is 609. The number of anilines is 1. The molecule has 0 aromatic heterocycles. The van der Waals surface area contributed by atoms with Gasteiger partial charge in [0.2, 0.25) is 0 Å². The maximum atomic E-state index is 12.1. The topological polar surface area (TPSA) is 86.2 Å². The molecule has 5 heteroatoms. The number of para-hydroxylation sites is 1. The second-order valence-corrected chi connectivity index (χ2v) is 3.69. The number of hydrogen-bond acceptors (Lipinski definition) is 4. The molecule has 0 spiro atoms. The molecule has 2 N–H and O–H groups in total. The lowest BCUT2D eigenvalue weighted by atomic mass is 10.0. The standard InChI is InChI=1S/C13H10N2O3/c14-12-10(7-4-8-11(12)15(17)18)13(16)9-5-2-1-3-6-9/h1-8H,14H2. The number of nitrogen functional groups attached to an aromatic ring is 1. The average molecular weight is 242 g/mol. The Labute approximate surface area is 103 Å². The highest BCUT2D eigenvalue weighted by Gasteiger charge is 2.19. The molecule has 2 aromatic carbocycles. The number of nitrogens with two attached hydrogens (primary N) is 1. The van der Waals surface area contributed by atoms with Gasteiger partial charge in [0.1, 0.15) is 5.69 Å². The van der Waals surface area contributed by atoms with Crippen LogP contribution in [0.3, 0.4) is 0 Å². The summed E-state index contributed by atoms with van der Waals surface area (Å²) in [7, 11) is 0. The van der Waals surface area contributed by atoms with Crippen LogP contribution >= 0.6 is 0 Å². The summed E-state index contributed by atoms with van der Waals surface area (Å²) >= 11 is 0. The first kappa shape index (κ1) is 11.8. The summed E-state index contributed by atoms with van der Waals surface area (Å²) in [5.41, 5.74) is 5.90. The SMILES string of the molecule is Nc1c(C(=O)c2ccccc2)cccc1[N+](=O)[O-]. The van der Waals surface area contributed by atoms with Gasteiger partial charge in [0.05, 0.1) is 10.5 Å². The van der Waals surface area contributed by atoms with Crippen LogP contribution in [-0.2, 0) is 0 Å². The minimum atomic E-state index is -0.600. The van der Waals surface area contributed by atoms with E-state index in [0.29, 0.717) is 5.56 Å². The van der Waals surface area contributed by atoms with Crippen molar-refractivity contribution in [1.29, 1.82) is 0 Å². The smallest absolute Gasteiger partial charge is 0.292 e. The molecule has 2 rings (SSSR count). The van der Waals surface area contributed by atoms with E-state index in [1.54, 1.807) is 30.3 Å². The highest BCUT2D eigenvalue weighted by Crippen LogP contribution is 2.26. The molecule has 90 valence electrons. The fourth-order valence-corrected chi connectivity index (χ4v) is 1.66. The summed E-state index contributed by atoms with van der Waals surface area (Å²) < 4.78 is 0. The summed E-state index contributed by atoms with van der Waals surface area (Å²) in [6.45, 7) is 0. The number of benzene rings is 2. The molecule has 18 heavy (non-hydrogen) atoms. The summed E-state index contributed by atoms with van der Waals surface area (Å²) in [5, 5.41) is 10.7. The van der Waals surface area contributed by atoms with Gasteiger partial charge in [-0.2, -0.15) is 0 Å². The van der Waals surface area contributed by atoms with Crippen LogP contribution in [0.4, 0.5) is 11.4 Å². The van der Waals surface area contributed by atoms with Crippen LogP contribution in [0.1, 0.15) is 15.9 Å². The van der Waals surface area contributed by atoms with Crippen LogP contribution in [0.25, 0.3) is 0 Å². The largest absolute Gasteiger partial charge is 0.393 e. The predicted octanol–water partition coefficient (Wildman–Crippen LogP) is 2.41. The lowest BCUT2D eigenvalue weighted by molar-refractivity contribution is -0.383. The van der Waals surface area contributed by atoms with Crippen LogP contribution in [-0.4, -0.2) is 10.7 Å². The van der Waals surface area contributed by atoms with Gasteiger partial charge >= 0.3 is 0 Å². The Balaban J connectivity index is 2.50. The van der Waals surface area contributed by atoms with Gasteiger partial charge in [-0.25, -0.2) is 0 Å². The lowest BCUT2D eigenvalue weighted by Crippen LogP contribution is -2.07. The minimum Gasteiger partial charge on any atom is -0.393 e. The first-order chi connectivity index (χ1) is 8.61. The number of nitrogens with zero attached hydrogens (tertiary/aromatic N) is 1. The van der Waals surface area contributed by atoms with Gasteiger partial charge in [0.15, 0.2) is 5.78 Å². The van der Waals surface area contributed by atoms with Gasteiger partial charge in [0.25, 0.3) is 5.69 Å². The van der Waals surface area contributed by atoms with Gasteiger partial charge in [-0.3, -0.25) is 14.9 Å². The van der Waals surface area contributed by atoms with Crippen LogP contribution in [0.5, 0.6) is 0 Å². The summed E-state index contributed by atoms with van der Waals surface area (Å²) in [6, 6.07) is 12.7. The lowest BCUT2D eigenvalue weighted by Gasteiger charge is -2.05. The maximum absolute atomic E-state index is 12.1. The molecule has 0 heterocycles. The molecule has 2 aromatic rings. The minimum absolute atomic E-state index is 0.101. The average Bonchev–Trinajstić information content (AvgIpc) is 2.39. The van der Waals surface area contributed by atoms with Crippen molar-refractivity contribution < 1.29 is 9.72 Å². The van der Waals surface area contributed by atoms with Crippen molar-refractivity contribution in [3.63, 3.8) is 0 Å². The molecular weight excluding hydrogens is 232 g/mol. The van der Waals surface area contributed by atoms with E-state index in [1.807, 2.05) is 0 Å². The van der Waals surface area contributed by atoms with Crippen molar-refractivity contribution in [3.05, 3.63) is 69.8 Å². The molecular formula is C13H10N2O3. The molecule has 0 fully saturated rings. The predicted molar refractivity (Wildman–Crippen MR) is 67.4 cm³/mol. The van der Waals surface area contributed by atoms with E-state index in [4.69, 9.17) is 5.73 Å². The zero-order valence-electron chi connectivity index (χ0n) is 9.37. The molecule has 0 saturated heterocycles. The fraction of sp³-hybridized carbons (Fsp3) is 0. The second-order valence-electron chi connectivity index (χ2n) is 3.69. The second kappa shape index (κ2) is 4.67. The van der Waals surface area contributed by atoms with Crippen molar-refractivity contribution in [1.82, 2.24) is 0 Å². The third kappa shape index (κ3) is 2.06. The molecule has 0 amide bonds. The van der Waals surface area contributed by atoms with Crippen LogP contribution in [0.2, 0.25) is 0 Å². The van der Waals surface area contributed by atoms with Gasteiger partial charge in [-0.05, 0) is 6.07 Å². The van der Waals surface area contributed by atoms with Gasteiger partial charge < -0.3 is 5.73 Å². The molecule has 0 aliphatic carbocycles. The molecule has 0 aliphatic rings. The van der Waals surface area contributed by atoms with Crippen LogP contribution in [0, 0.1) is 10.1 Å². The zero-order chi connectivity index (χ0) is 13.1. The molecule has 0 radical (unpaired) electrons. The van der Waals surface area contributed by atoms with E-state index in [0.717, 1.165) is 0 Å². The van der Waals surface area contributed by atoms with Crippen molar-refractivity contribution in [3.8, 4) is 0 Å². The number of nitro benzene ring substituents is 1. The van der Waals surface area contributed by atoms with Crippen molar-refractivity contribution >= 4 is 17.2 Å². The van der Waals surface area contributed by atoms with E-state index >= 15 is 0 Å². The molecule has 0 aliphatic heterocycles. The third-order valence-electron chi connectivity index (χ3n) is 2.56. The van der Waals surface area contributed by atoms with Gasteiger partial charge in [0, 0.05) is 11.6 Å². The van der Waals surface area contributed by atoms with Crippen LogP contribution < -0.4 is 5.73 Å². The molecule has 0 atom stereocenters. The van der Waals surface area contributed by atoms with Crippen molar-refractivity contribution in [2.45, 2.75) is 0 Å². The fourth-order valence-electron chi connectivity index (χ4n) is 1.66. The van der Waals surface area contributed by atoms with E-state index in [-0.39, 0.29) is 22.7 Å². The zero-order valence-corrected chi connectivity index (χ0v) is 9.37. The monoisotopic (exact) mass is 242 g/mol.